The highest BCUT2D eigenvalue weighted by molar-refractivity contribution is 7.65. The van der Waals surface area contributed by atoms with Gasteiger partial charge in [-0.15, -0.1) is 0 Å². The van der Waals surface area contributed by atoms with Crippen molar-refractivity contribution in [1.82, 2.24) is 0 Å². The summed E-state index contributed by atoms with van der Waals surface area (Å²) >= 11 is 0. The summed E-state index contributed by atoms with van der Waals surface area (Å²) in [6.07, 6.45) is 0.805. The van der Waals surface area contributed by atoms with Crippen LogP contribution in [0.5, 0.6) is 0 Å². The van der Waals surface area contributed by atoms with Crippen LogP contribution in [0.3, 0.4) is 0 Å². The molecular weight excluding hydrogens is 279 g/mol. The van der Waals surface area contributed by atoms with E-state index in [2.05, 4.69) is 0 Å². The van der Waals surface area contributed by atoms with Crippen molar-refractivity contribution in [1.29, 1.82) is 0 Å². The molecule has 20 heavy (non-hydrogen) atoms. The molecule has 0 fully saturated rings. The minimum atomic E-state index is -2.66. The maximum atomic E-state index is 13.0. The Labute approximate surface area is 121 Å². The second-order valence-electron chi connectivity index (χ2n) is 5.62. The highest BCUT2D eigenvalue weighted by atomic mass is 31.2. The van der Waals surface area contributed by atoms with Gasteiger partial charge in [-0.25, -0.2) is 0 Å². The number of rotatable bonds is 8. The molecule has 6 heteroatoms. The van der Waals surface area contributed by atoms with Crippen LogP contribution in [-0.2, 0) is 23.6 Å². The fraction of sp³-hybridized carbons (Fsp3) is 0.857. The van der Waals surface area contributed by atoms with Gasteiger partial charge in [-0.2, -0.15) is 0 Å². The summed E-state index contributed by atoms with van der Waals surface area (Å²) in [5.41, 5.74) is 0. The smallest absolute Gasteiger partial charge is 0.306 e. The number of hydrogen-bond donors (Lipinski definition) is 0. The standard InChI is InChI=1S/C14H27O5P/c1-6-18-12(15)8-10-20(17,14(3,4)5)11-9-13(16)19-7-2/h6-11H2,1-5H3. The minimum absolute atomic E-state index is 0.130. The van der Waals surface area contributed by atoms with Crippen LogP contribution in [-0.4, -0.2) is 42.6 Å². The summed E-state index contributed by atoms with van der Waals surface area (Å²) in [5.74, 6) is -0.679. The molecule has 0 radical (unpaired) electrons. The van der Waals surface area contributed by atoms with Crippen molar-refractivity contribution in [2.24, 2.45) is 0 Å². The molecule has 0 unspecified atom stereocenters. The maximum absolute atomic E-state index is 13.0. The van der Waals surface area contributed by atoms with E-state index in [4.69, 9.17) is 9.47 Å². The van der Waals surface area contributed by atoms with Crippen molar-refractivity contribution in [2.45, 2.75) is 52.6 Å². The van der Waals surface area contributed by atoms with Crippen LogP contribution in [0, 0.1) is 0 Å². The summed E-state index contributed by atoms with van der Waals surface area (Å²) in [4.78, 5) is 22.8. The number of carbonyl (C=O) groups is 2. The molecule has 118 valence electrons. The van der Waals surface area contributed by atoms with E-state index >= 15 is 0 Å². The number of esters is 2. The average molecular weight is 306 g/mol. The number of hydrogen-bond acceptors (Lipinski definition) is 5. The van der Waals surface area contributed by atoms with Crippen molar-refractivity contribution < 1.29 is 23.6 Å². The van der Waals surface area contributed by atoms with Gasteiger partial charge in [-0.1, -0.05) is 20.8 Å². The van der Waals surface area contributed by atoms with Crippen LogP contribution in [0.1, 0.15) is 47.5 Å². The zero-order valence-electron chi connectivity index (χ0n) is 13.2. The SMILES string of the molecule is CCOC(=O)CCP(=O)(CCC(=O)OCC)C(C)(C)C. The molecule has 0 heterocycles. The predicted octanol–water partition coefficient (Wildman–Crippen LogP) is 3.05. The third-order valence-electron chi connectivity index (χ3n) is 3.19. The highest BCUT2D eigenvalue weighted by Gasteiger charge is 2.36. The van der Waals surface area contributed by atoms with Crippen LogP contribution >= 0.6 is 7.14 Å². The topological polar surface area (TPSA) is 69.7 Å². The highest BCUT2D eigenvalue weighted by Crippen LogP contribution is 2.58. The van der Waals surface area contributed by atoms with Gasteiger partial charge in [0.1, 0.15) is 0 Å². The lowest BCUT2D eigenvalue weighted by atomic mass is 10.3. The van der Waals surface area contributed by atoms with Crippen LogP contribution in [0.15, 0.2) is 0 Å². The second-order valence-corrected chi connectivity index (χ2v) is 9.63. The molecule has 0 aliphatic heterocycles. The molecule has 0 bridgehead atoms. The van der Waals surface area contributed by atoms with Crippen molar-refractivity contribution in [2.75, 3.05) is 25.5 Å². The van der Waals surface area contributed by atoms with Gasteiger partial charge < -0.3 is 14.0 Å². The Morgan fingerprint density at radius 2 is 1.25 bits per heavy atom. The van der Waals surface area contributed by atoms with Gasteiger partial charge >= 0.3 is 11.9 Å². The molecule has 0 aromatic rings. The van der Waals surface area contributed by atoms with Gasteiger partial charge in [-0.05, 0) is 13.8 Å². The minimum Gasteiger partial charge on any atom is -0.466 e. The molecule has 0 aromatic carbocycles. The predicted molar refractivity (Wildman–Crippen MR) is 79.6 cm³/mol. The average Bonchev–Trinajstić information content (AvgIpc) is 2.33. The zero-order valence-corrected chi connectivity index (χ0v) is 14.1. The van der Waals surface area contributed by atoms with Crippen molar-refractivity contribution in [3.05, 3.63) is 0 Å². The third-order valence-corrected chi connectivity index (χ3v) is 7.52. The van der Waals surface area contributed by atoms with Gasteiger partial charge in [-0.3, -0.25) is 9.59 Å². The van der Waals surface area contributed by atoms with Gasteiger partial charge in [0.2, 0.25) is 0 Å². The summed E-state index contributed by atoms with van der Waals surface area (Å²) < 4.78 is 22.8. The molecule has 0 amide bonds. The van der Waals surface area contributed by atoms with E-state index in [1.54, 1.807) is 13.8 Å². The van der Waals surface area contributed by atoms with E-state index in [1.165, 1.54) is 0 Å². The monoisotopic (exact) mass is 306 g/mol. The Kier molecular flexibility index (Phi) is 8.10. The van der Waals surface area contributed by atoms with Crippen molar-refractivity contribution >= 4 is 19.1 Å². The van der Waals surface area contributed by atoms with E-state index in [1.807, 2.05) is 20.8 Å². The molecule has 0 aliphatic rings. The van der Waals surface area contributed by atoms with E-state index in [0.29, 0.717) is 13.2 Å². The lowest BCUT2D eigenvalue weighted by molar-refractivity contribution is -0.143. The van der Waals surface area contributed by atoms with Crippen molar-refractivity contribution in [3.8, 4) is 0 Å². The summed E-state index contributed by atoms with van der Waals surface area (Å²) in [7, 11) is -2.66. The molecule has 0 rings (SSSR count). The van der Waals surface area contributed by atoms with Crippen LogP contribution < -0.4 is 0 Å². The molecule has 0 atom stereocenters. The number of carbonyl (C=O) groups excluding carboxylic acids is 2. The molecule has 0 aromatic heterocycles. The van der Waals surface area contributed by atoms with Gasteiger partial charge in [0, 0.05) is 17.5 Å². The molecule has 0 saturated carbocycles. The fourth-order valence-electron chi connectivity index (χ4n) is 1.79. The normalized spacial score (nSPS) is 12.1. The molecule has 0 N–H and O–H groups in total. The molecule has 0 saturated heterocycles. The Morgan fingerprint density at radius 3 is 1.50 bits per heavy atom. The first-order valence-electron chi connectivity index (χ1n) is 7.05. The third kappa shape index (κ3) is 6.56. The van der Waals surface area contributed by atoms with Crippen LogP contribution in [0.4, 0.5) is 0 Å². The molecule has 0 aliphatic carbocycles. The van der Waals surface area contributed by atoms with Crippen molar-refractivity contribution in [3.63, 3.8) is 0 Å². The first kappa shape index (κ1) is 19.2. The lowest BCUT2D eigenvalue weighted by Crippen LogP contribution is -2.22. The first-order chi connectivity index (χ1) is 9.16. The Morgan fingerprint density at radius 1 is 0.900 bits per heavy atom. The van der Waals surface area contributed by atoms with Crippen LogP contribution in [0.2, 0.25) is 0 Å². The van der Waals surface area contributed by atoms with Gasteiger partial charge in [0.25, 0.3) is 0 Å². The maximum Gasteiger partial charge on any atom is 0.306 e. The van der Waals surface area contributed by atoms with Gasteiger partial charge in [0.05, 0.1) is 33.2 Å². The van der Waals surface area contributed by atoms with E-state index < -0.39 is 12.3 Å². The number of ether oxygens (including phenoxy) is 2. The van der Waals surface area contributed by atoms with E-state index in [9.17, 15) is 14.2 Å². The fourth-order valence-corrected chi connectivity index (χ4v) is 4.45. The molecule has 0 spiro atoms. The van der Waals surface area contributed by atoms with E-state index in [-0.39, 0.29) is 37.1 Å². The Bertz CT molecular complexity index is 344. The quantitative estimate of drug-likeness (QED) is 0.509. The Hall–Kier alpha value is -0.830. The van der Waals surface area contributed by atoms with E-state index in [0.717, 1.165) is 0 Å². The molecular formula is C14H27O5P. The Balaban J connectivity index is 4.65. The van der Waals surface area contributed by atoms with Crippen LogP contribution in [0.25, 0.3) is 0 Å². The summed E-state index contributed by atoms with van der Waals surface area (Å²) in [6.45, 7) is 9.76. The molecule has 5 nitrogen and oxygen atoms in total. The summed E-state index contributed by atoms with van der Waals surface area (Å²) in [5, 5.41) is -0.439. The largest absolute Gasteiger partial charge is 0.466 e. The zero-order chi connectivity index (χ0) is 15.8. The second kappa shape index (κ2) is 8.46. The lowest BCUT2D eigenvalue weighted by Gasteiger charge is -2.31. The first-order valence-corrected chi connectivity index (χ1v) is 9.13. The summed E-state index contributed by atoms with van der Waals surface area (Å²) in [6, 6.07) is 0. The van der Waals surface area contributed by atoms with Gasteiger partial charge in [0.15, 0.2) is 0 Å².